The highest BCUT2D eigenvalue weighted by atomic mass is 16.5. The maximum atomic E-state index is 12.5. The van der Waals surface area contributed by atoms with Crippen molar-refractivity contribution >= 4 is 11.8 Å². The Morgan fingerprint density at radius 3 is 1.33 bits per heavy atom. The summed E-state index contributed by atoms with van der Waals surface area (Å²) >= 11 is 0. The number of nitrogens with one attached hydrogen (secondary N) is 2. The molecule has 0 spiro atoms. The van der Waals surface area contributed by atoms with E-state index < -0.39 is 0 Å². The van der Waals surface area contributed by atoms with Crippen LogP contribution in [0, 0.1) is 0 Å². The molecule has 0 saturated heterocycles. The van der Waals surface area contributed by atoms with Crippen molar-refractivity contribution in [1.29, 1.82) is 0 Å². The zero-order valence-electron chi connectivity index (χ0n) is 29.3. The van der Waals surface area contributed by atoms with E-state index in [0.29, 0.717) is 12.8 Å². The molecular weight excluding hydrogens is 576 g/mol. The molecule has 8 nitrogen and oxygen atoms in total. The lowest BCUT2D eigenvalue weighted by Crippen LogP contribution is -2.27. The first-order valence-corrected chi connectivity index (χ1v) is 17.6. The predicted octanol–water partition coefficient (Wildman–Crippen LogP) is 6.96. The van der Waals surface area contributed by atoms with E-state index in [9.17, 15) is 9.59 Å². The molecule has 0 saturated carbocycles. The summed E-state index contributed by atoms with van der Waals surface area (Å²) in [5.74, 6) is 2.36. The molecule has 2 aromatic rings. The number of amides is 2. The van der Waals surface area contributed by atoms with Gasteiger partial charge in [0.05, 0.1) is 14.2 Å². The molecule has 0 aliphatic rings. The molecule has 2 rings (SSSR count). The minimum Gasteiger partial charge on any atom is -0.496 e. The third-order valence-electron chi connectivity index (χ3n) is 8.59. The topological polar surface area (TPSA) is 83.1 Å². The van der Waals surface area contributed by atoms with Gasteiger partial charge in [0.2, 0.25) is 11.8 Å². The summed E-state index contributed by atoms with van der Waals surface area (Å²) in [4.78, 5) is 28.7. The third-order valence-corrected chi connectivity index (χ3v) is 8.59. The lowest BCUT2D eigenvalue weighted by Gasteiger charge is -2.18. The van der Waals surface area contributed by atoms with Gasteiger partial charge >= 0.3 is 0 Å². The molecular formula is C38H62N4O4. The number of benzene rings is 2. The number of hydrogen-bond donors (Lipinski definition) is 2. The van der Waals surface area contributed by atoms with Crippen molar-refractivity contribution < 1.29 is 19.1 Å². The van der Waals surface area contributed by atoms with Gasteiger partial charge in [0.25, 0.3) is 0 Å². The summed E-state index contributed by atoms with van der Waals surface area (Å²) in [6.07, 6.45) is 14.2. The van der Waals surface area contributed by atoms with Crippen LogP contribution >= 0.6 is 0 Å². The van der Waals surface area contributed by atoms with Crippen LogP contribution in [0.5, 0.6) is 11.5 Å². The lowest BCUT2D eigenvalue weighted by molar-refractivity contribution is -0.130. The highest BCUT2D eigenvalue weighted by Gasteiger charge is 2.09. The fourth-order valence-electron chi connectivity index (χ4n) is 5.59. The molecule has 0 fully saturated rings. The summed E-state index contributed by atoms with van der Waals surface area (Å²) in [7, 11) is 7.28. The van der Waals surface area contributed by atoms with E-state index in [0.717, 1.165) is 115 Å². The van der Waals surface area contributed by atoms with Gasteiger partial charge in [-0.1, -0.05) is 74.9 Å². The zero-order chi connectivity index (χ0) is 33.2. The number of para-hydroxylation sites is 2. The number of ether oxygens (including phenoxy) is 2. The zero-order valence-corrected chi connectivity index (χ0v) is 29.3. The van der Waals surface area contributed by atoms with Gasteiger partial charge in [-0.05, 0) is 63.7 Å². The van der Waals surface area contributed by atoms with Gasteiger partial charge in [-0.3, -0.25) is 9.59 Å². The Balaban J connectivity index is 1.36. The Kier molecular flexibility index (Phi) is 21.3. The highest BCUT2D eigenvalue weighted by Crippen LogP contribution is 2.18. The van der Waals surface area contributed by atoms with Gasteiger partial charge in [0.15, 0.2) is 0 Å². The molecule has 0 aliphatic heterocycles. The summed E-state index contributed by atoms with van der Waals surface area (Å²) in [5.41, 5.74) is 2.34. The molecule has 2 aromatic carbocycles. The SMILES string of the molecule is COc1ccccc1CNCCCCCC(=O)N(C)CCCCCCCCN(C)C(=O)CCCCCNCc1ccccc1OC. The minimum absolute atomic E-state index is 0.260. The molecule has 0 aliphatic carbocycles. The normalized spacial score (nSPS) is 11.0. The Labute approximate surface area is 279 Å². The second-order valence-corrected chi connectivity index (χ2v) is 12.4. The van der Waals surface area contributed by atoms with Crippen LogP contribution in [0.2, 0.25) is 0 Å². The molecule has 8 heteroatoms. The van der Waals surface area contributed by atoms with Crippen LogP contribution < -0.4 is 20.1 Å². The van der Waals surface area contributed by atoms with E-state index in [4.69, 9.17) is 9.47 Å². The van der Waals surface area contributed by atoms with Crippen molar-refractivity contribution in [3.8, 4) is 11.5 Å². The second-order valence-electron chi connectivity index (χ2n) is 12.4. The van der Waals surface area contributed by atoms with Gasteiger partial charge in [0, 0.05) is 64.2 Å². The van der Waals surface area contributed by atoms with E-state index in [1.807, 2.05) is 60.3 Å². The first kappa shape index (κ1) is 39.1. The summed E-state index contributed by atoms with van der Waals surface area (Å²) in [6.45, 7) is 5.17. The Morgan fingerprint density at radius 2 is 0.913 bits per heavy atom. The van der Waals surface area contributed by atoms with Crippen molar-refractivity contribution in [1.82, 2.24) is 20.4 Å². The van der Waals surface area contributed by atoms with Gasteiger partial charge in [0.1, 0.15) is 11.5 Å². The van der Waals surface area contributed by atoms with Gasteiger partial charge in [-0.15, -0.1) is 0 Å². The quantitative estimate of drug-likeness (QED) is 0.103. The number of unbranched alkanes of at least 4 members (excludes halogenated alkanes) is 9. The van der Waals surface area contributed by atoms with Gasteiger partial charge in [-0.25, -0.2) is 0 Å². The van der Waals surface area contributed by atoms with Crippen LogP contribution in [-0.4, -0.2) is 76.1 Å². The van der Waals surface area contributed by atoms with Crippen molar-refractivity contribution in [2.75, 3.05) is 54.5 Å². The van der Waals surface area contributed by atoms with Crippen LogP contribution in [0.15, 0.2) is 48.5 Å². The molecule has 2 N–H and O–H groups in total. The molecule has 0 bridgehead atoms. The molecule has 2 amide bonds. The smallest absolute Gasteiger partial charge is 0.222 e. The van der Waals surface area contributed by atoms with Crippen molar-refractivity contribution in [3.63, 3.8) is 0 Å². The van der Waals surface area contributed by atoms with Crippen molar-refractivity contribution in [2.24, 2.45) is 0 Å². The van der Waals surface area contributed by atoms with Crippen LogP contribution in [0.1, 0.15) is 101 Å². The molecule has 258 valence electrons. The molecule has 0 heterocycles. The highest BCUT2D eigenvalue weighted by molar-refractivity contribution is 5.76. The maximum absolute atomic E-state index is 12.5. The Hall–Kier alpha value is -3.10. The van der Waals surface area contributed by atoms with E-state index in [1.165, 1.54) is 24.0 Å². The second kappa shape index (κ2) is 25.0. The van der Waals surface area contributed by atoms with Crippen LogP contribution in [0.3, 0.4) is 0 Å². The molecule has 0 atom stereocenters. The minimum atomic E-state index is 0.260. The lowest BCUT2D eigenvalue weighted by atomic mass is 10.1. The summed E-state index contributed by atoms with van der Waals surface area (Å²) in [5, 5.41) is 6.95. The fraction of sp³-hybridized carbons (Fsp3) is 0.632. The van der Waals surface area contributed by atoms with Crippen molar-refractivity contribution in [3.05, 3.63) is 59.7 Å². The number of rotatable bonds is 27. The number of carbonyl (C=O) groups is 2. The molecule has 46 heavy (non-hydrogen) atoms. The van der Waals surface area contributed by atoms with E-state index >= 15 is 0 Å². The number of hydrogen-bond acceptors (Lipinski definition) is 6. The number of carbonyl (C=O) groups excluding carboxylic acids is 2. The van der Waals surface area contributed by atoms with Gasteiger partial charge < -0.3 is 29.9 Å². The number of nitrogens with zero attached hydrogens (tertiary/aromatic N) is 2. The summed E-state index contributed by atoms with van der Waals surface area (Å²) < 4.78 is 10.8. The first-order valence-electron chi connectivity index (χ1n) is 17.6. The largest absolute Gasteiger partial charge is 0.496 e. The monoisotopic (exact) mass is 638 g/mol. The van der Waals surface area contributed by atoms with E-state index in [2.05, 4.69) is 22.8 Å². The standard InChI is InChI=1S/C38H62N4O4/c1-41(37(43)25-11-9-17-27-39-31-33-21-13-15-23-35(33)45-3)29-19-7-5-6-8-20-30-42(2)38(44)26-12-10-18-28-40-32-34-22-14-16-24-36(34)46-4/h13-16,21-24,39-40H,5-12,17-20,25-32H2,1-4H3. The Bertz CT molecular complexity index is 1010. The maximum Gasteiger partial charge on any atom is 0.222 e. The summed E-state index contributed by atoms with van der Waals surface area (Å²) in [6, 6.07) is 16.2. The van der Waals surface area contributed by atoms with Crippen molar-refractivity contribution in [2.45, 2.75) is 103 Å². The third kappa shape index (κ3) is 17.0. The van der Waals surface area contributed by atoms with Crippen LogP contribution in [-0.2, 0) is 22.7 Å². The Morgan fingerprint density at radius 1 is 0.543 bits per heavy atom. The first-order chi connectivity index (χ1) is 22.5. The molecule has 0 unspecified atom stereocenters. The van der Waals surface area contributed by atoms with Crippen LogP contribution in [0.4, 0.5) is 0 Å². The molecule has 0 aromatic heterocycles. The van der Waals surface area contributed by atoms with E-state index in [1.54, 1.807) is 14.2 Å². The fourth-order valence-corrected chi connectivity index (χ4v) is 5.59. The predicted molar refractivity (Wildman–Crippen MR) is 189 cm³/mol. The average Bonchev–Trinajstić information content (AvgIpc) is 3.08. The number of methoxy groups -OCH3 is 2. The average molecular weight is 639 g/mol. The van der Waals surface area contributed by atoms with Gasteiger partial charge in [-0.2, -0.15) is 0 Å². The van der Waals surface area contributed by atoms with Crippen LogP contribution in [0.25, 0.3) is 0 Å². The molecule has 0 radical (unpaired) electrons. The van der Waals surface area contributed by atoms with E-state index in [-0.39, 0.29) is 11.8 Å².